The summed E-state index contributed by atoms with van der Waals surface area (Å²) in [5.74, 6) is -1.83. The second kappa shape index (κ2) is 10.7. The second-order valence-corrected chi connectivity index (χ2v) is 10.3. The number of halogens is 3. The van der Waals surface area contributed by atoms with Crippen LogP contribution in [0.25, 0.3) is 11.6 Å². The van der Waals surface area contributed by atoms with Crippen LogP contribution < -0.4 is 9.64 Å². The van der Waals surface area contributed by atoms with E-state index in [1.54, 1.807) is 46.8 Å². The summed E-state index contributed by atoms with van der Waals surface area (Å²) in [5.41, 5.74) is -1.64. The SMILES string of the molecule is CCC(CC)(Oc1ccc(Cl)cc1/C=C1/C(=O)N(C(=O)OC(C)(C)C)c2cc(Cl)c(F)cc21)C(=O)OC. The van der Waals surface area contributed by atoms with Gasteiger partial charge in [-0.05, 0) is 70.0 Å². The van der Waals surface area contributed by atoms with Crippen molar-refractivity contribution in [3.05, 3.63) is 57.3 Å². The number of carbonyl (C=O) groups excluding carboxylic acids is 3. The predicted octanol–water partition coefficient (Wildman–Crippen LogP) is 7.07. The molecule has 37 heavy (non-hydrogen) atoms. The van der Waals surface area contributed by atoms with E-state index in [1.807, 2.05) is 0 Å². The molecule has 0 saturated heterocycles. The summed E-state index contributed by atoms with van der Waals surface area (Å²) in [4.78, 5) is 39.8. The highest BCUT2D eigenvalue weighted by Crippen LogP contribution is 2.42. The number of anilines is 1. The summed E-state index contributed by atoms with van der Waals surface area (Å²) in [6.45, 7) is 8.55. The number of fused-ring (bicyclic) bond motifs is 1. The van der Waals surface area contributed by atoms with E-state index in [0.717, 1.165) is 11.0 Å². The number of carbonyl (C=O) groups is 3. The van der Waals surface area contributed by atoms with Crippen LogP contribution in [0.4, 0.5) is 14.9 Å². The number of nitrogens with zero attached hydrogens (tertiary/aromatic N) is 1. The fourth-order valence-electron chi connectivity index (χ4n) is 3.91. The number of ether oxygens (including phenoxy) is 3. The minimum atomic E-state index is -1.28. The monoisotopic (exact) mass is 551 g/mol. The molecule has 0 aliphatic carbocycles. The van der Waals surface area contributed by atoms with Crippen molar-refractivity contribution in [1.82, 2.24) is 0 Å². The summed E-state index contributed by atoms with van der Waals surface area (Å²) in [6, 6.07) is 6.94. The molecule has 0 N–H and O–H groups in total. The van der Waals surface area contributed by atoms with Crippen molar-refractivity contribution in [2.24, 2.45) is 0 Å². The maximum absolute atomic E-state index is 14.5. The highest BCUT2D eigenvalue weighted by atomic mass is 35.5. The van der Waals surface area contributed by atoms with Gasteiger partial charge in [0.05, 0.1) is 23.4 Å². The summed E-state index contributed by atoms with van der Waals surface area (Å²) < 4.78 is 31.0. The molecule has 0 bridgehead atoms. The van der Waals surface area contributed by atoms with Crippen LogP contribution >= 0.6 is 23.2 Å². The molecular weight excluding hydrogens is 524 g/mol. The van der Waals surface area contributed by atoms with E-state index >= 15 is 0 Å². The van der Waals surface area contributed by atoms with Gasteiger partial charge < -0.3 is 14.2 Å². The molecule has 0 spiro atoms. The lowest BCUT2D eigenvalue weighted by atomic mass is 9.96. The largest absolute Gasteiger partial charge is 0.475 e. The Morgan fingerprint density at radius 2 is 1.73 bits per heavy atom. The average Bonchev–Trinajstić information content (AvgIpc) is 3.08. The van der Waals surface area contributed by atoms with Gasteiger partial charge in [0.15, 0.2) is 0 Å². The van der Waals surface area contributed by atoms with Crippen LogP contribution in [0.15, 0.2) is 30.3 Å². The molecule has 2 amide bonds. The maximum Gasteiger partial charge on any atom is 0.422 e. The summed E-state index contributed by atoms with van der Waals surface area (Å²) >= 11 is 12.2. The first-order valence-corrected chi connectivity index (χ1v) is 12.4. The van der Waals surface area contributed by atoms with Gasteiger partial charge in [0, 0.05) is 16.1 Å². The quantitative estimate of drug-likeness (QED) is 0.282. The number of hydrogen-bond acceptors (Lipinski definition) is 6. The minimum Gasteiger partial charge on any atom is -0.475 e. The van der Waals surface area contributed by atoms with Crippen molar-refractivity contribution in [3.8, 4) is 5.75 Å². The molecular formula is C27H28Cl2FNO6. The van der Waals surface area contributed by atoms with E-state index < -0.39 is 35.0 Å². The number of esters is 1. The molecule has 0 fully saturated rings. The Morgan fingerprint density at radius 1 is 1.08 bits per heavy atom. The van der Waals surface area contributed by atoms with Crippen LogP contribution in [0.3, 0.4) is 0 Å². The number of imide groups is 1. The van der Waals surface area contributed by atoms with Crippen LogP contribution in [-0.4, -0.2) is 36.3 Å². The fourth-order valence-corrected chi connectivity index (χ4v) is 4.25. The molecule has 1 aliphatic heterocycles. The summed E-state index contributed by atoms with van der Waals surface area (Å²) in [7, 11) is 1.27. The van der Waals surface area contributed by atoms with E-state index in [9.17, 15) is 18.8 Å². The van der Waals surface area contributed by atoms with Crippen molar-refractivity contribution >= 4 is 58.5 Å². The van der Waals surface area contributed by atoms with E-state index in [-0.39, 0.29) is 27.6 Å². The zero-order chi connectivity index (χ0) is 27.7. The first-order chi connectivity index (χ1) is 17.3. The van der Waals surface area contributed by atoms with E-state index in [0.29, 0.717) is 23.4 Å². The highest BCUT2D eigenvalue weighted by molar-refractivity contribution is 6.42. The van der Waals surface area contributed by atoms with Gasteiger partial charge >= 0.3 is 12.1 Å². The lowest BCUT2D eigenvalue weighted by Crippen LogP contribution is -2.44. The van der Waals surface area contributed by atoms with Crippen molar-refractivity contribution in [2.45, 2.75) is 58.7 Å². The van der Waals surface area contributed by atoms with Gasteiger partial charge in [0.25, 0.3) is 5.91 Å². The molecule has 1 heterocycles. The Kier molecular flexibility index (Phi) is 8.24. The number of methoxy groups -OCH3 is 1. The first-order valence-electron chi connectivity index (χ1n) is 11.6. The third kappa shape index (κ3) is 5.75. The molecule has 2 aromatic rings. The fraction of sp³-hybridized carbons (Fsp3) is 0.370. The molecule has 0 saturated carbocycles. The van der Waals surface area contributed by atoms with Gasteiger partial charge in [-0.15, -0.1) is 0 Å². The molecule has 2 aromatic carbocycles. The Morgan fingerprint density at radius 3 is 2.30 bits per heavy atom. The third-order valence-corrected chi connectivity index (χ3v) is 6.38. The van der Waals surface area contributed by atoms with Gasteiger partial charge in [0.1, 0.15) is 17.2 Å². The zero-order valence-corrected chi connectivity index (χ0v) is 22.9. The molecule has 198 valence electrons. The number of amides is 2. The molecule has 1 aliphatic rings. The van der Waals surface area contributed by atoms with Crippen molar-refractivity contribution in [2.75, 3.05) is 12.0 Å². The van der Waals surface area contributed by atoms with Crippen LogP contribution in [0, 0.1) is 5.82 Å². The van der Waals surface area contributed by atoms with E-state index in [1.165, 1.54) is 25.3 Å². The molecule has 10 heteroatoms. The van der Waals surface area contributed by atoms with Crippen LogP contribution in [0.2, 0.25) is 10.0 Å². The van der Waals surface area contributed by atoms with E-state index in [4.69, 9.17) is 37.4 Å². The Hall–Kier alpha value is -3.10. The van der Waals surface area contributed by atoms with Gasteiger partial charge in [-0.3, -0.25) is 4.79 Å². The van der Waals surface area contributed by atoms with Gasteiger partial charge in [0.2, 0.25) is 5.60 Å². The number of benzene rings is 2. The van der Waals surface area contributed by atoms with Gasteiger partial charge in [-0.25, -0.2) is 18.9 Å². The topological polar surface area (TPSA) is 82.1 Å². The lowest BCUT2D eigenvalue weighted by Gasteiger charge is -2.30. The normalized spacial score (nSPS) is 14.6. The third-order valence-electron chi connectivity index (χ3n) is 5.86. The molecule has 0 aromatic heterocycles. The Balaban J connectivity index is 2.19. The molecule has 0 unspecified atom stereocenters. The maximum atomic E-state index is 14.5. The molecule has 3 rings (SSSR count). The van der Waals surface area contributed by atoms with Crippen molar-refractivity contribution in [3.63, 3.8) is 0 Å². The van der Waals surface area contributed by atoms with Crippen LogP contribution in [0.1, 0.15) is 58.6 Å². The zero-order valence-electron chi connectivity index (χ0n) is 21.4. The summed E-state index contributed by atoms with van der Waals surface area (Å²) in [5, 5.41) is 0.0645. The Bertz CT molecular complexity index is 1280. The minimum absolute atomic E-state index is 0.0137. The molecule has 0 atom stereocenters. The predicted molar refractivity (Wildman–Crippen MR) is 140 cm³/mol. The van der Waals surface area contributed by atoms with Crippen LogP contribution in [0.5, 0.6) is 5.75 Å². The highest BCUT2D eigenvalue weighted by Gasteiger charge is 2.41. The molecule has 7 nitrogen and oxygen atoms in total. The smallest absolute Gasteiger partial charge is 0.422 e. The first kappa shape index (κ1) is 28.5. The van der Waals surface area contributed by atoms with Gasteiger partial charge in [-0.1, -0.05) is 37.0 Å². The second-order valence-electron chi connectivity index (χ2n) is 9.44. The van der Waals surface area contributed by atoms with Crippen molar-refractivity contribution < 1.29 is 33.0 Å². The average molecular weight is 552 g/mol. The number of rotatable bonds is 6. The standard InChI is InChI=1S/C27H28Cl2FNO6/c1-7-27(8-2,24(33)35-6)36-22-10-9-16(28)11-15(22)12-18-17-13-20(30)19(29)14-21(17)31(23(18)32)25(34)37-26(3,4)5/h9-14H,7-8H2,1-6H3/b18-12+. The van der Waals surface area contributed by atoms with E-state index in [2.05, 4.69) is 0 Å². The van der Waals surface area contributed by atoms with Gasteiger partial charge in [-0.2, -0.15) is 0 Å². The Labute approximate surface area is 225 Å². The lowest BCUT2D eigenvalue weighted by molar-refractivity contribution is -0.159. The summed E-state index contributed by atoms with van der Waals surface area (Å²) in [6.07, 6.45) is 1.11. The van der Waals surface area contributed by atoms with Crippen LogP contribution in [-0.2, 0) is 19.1 Å². The molecule has 0 radical (unpaired) electrons. The van der Waals surface area contributed by atoms with Crippen molar-refractivity contribution in [1.29, 1.82) is 0 Å². The number of hydrogen-bond donors (Lipinski definition) is 0.